The molecule has 0 aliphatic heterocycles. The van der Waals surface area contributed by atoms with E-state index >= 15 is 0 Å². The number of pyridine rings is 1. The first-order chi connectivity index (χ1) is 7.61. The second kappa shape index (κ2) is 4.09. The van der Waals surface area contributed by atoms with Gasteiger partial charge in [0.1, 0.15) is 7.05 Å². The molecule has 0 saturated carbocycles. The number of aryl methyl sites for hydroxylation is 3. The highest BCUT2D eigenvalue weighted by atomic mass is 14.9. The van der Waals surface area contributed by atoms with Gasteiger partial charge >= 0.3 is 0 Å². The van der Waals surface area contributed by atoms with Crippen LogP contribution in [-0.2, 0) is 7.05 Å². The van der Waals surface area contributed by atoms with Crippen LogP contribution >= 0.6 is 0 Å². The first-order valence-corrected chi connectivity index (χ1v) is 5.63. The Labute approximate surface area is 97.4 Å². The van der Waals surface area contributed by atoms with Gasteiger partial charge in [-0.1, -0.05) is 12.1 Å². The highest BCUT2D eigenvalue weighted by Gasteiger charge is 2.14. The lowest BCUT2D eigenvalue weighted by Gasteiger charge is -2.10. The number of aromatic nitrogens is 1. The van der Waals surface area contributed by atoms with Gasteiger partial charge in [-0.3, -0.25) is 0 Å². The van der Waals surface area contributed by atoms with E-state index in [4.69, 9.17) is 0 Å². The van der Waals surface area contributed by atoms with Gasteiger partial charge in [0.05, 0.1) is 5.56 Å². The molecule has 0 fully saturated rings. The van der Waals surface area contributed by atoms with Gasteiger partial charge in [0, 0.05) is 12.1 Å². The SMILES string of the molecule is Cc1ccc(C)c(-c2cccc[n+]2C)c1C. The van der Waals surface area contributed by atoms with Gasteiger partial charge in [-0.2, -0.15) is 0 Å². The van der Waals surface area contributed by atoms with E-state index in [1.807, 2.05) is 0 Å². The van der Waals surface area contributed by atoms with Crippen LogP contribution in [0.5, 0.6) is 0 Å². The Morgan fingerprint density at radius 1 is 0.875 bits per heavy atom. The molecule has 0 aliphatic carbocycles. The number of benzene rings is 1. The average molecular weight is 212 g/mol. The molecule has 0 N–H and O–H groups in total. The zero-order valence-corrected chi connectivity index (χ0v) is 10.4. The molecule has 0 radical (unpaired) electrons. The molecular weight excluding hydrogens is 194 g/mol. The van der Waals surface area contributed by atoms with Crippen molar-refractivity contribution in [3.8, 4) is 11.3 Å². The topological polar surface area (TPSA) is 3.88 Å². The van der Waals surface area contributed by atoms with Gasteiger partial charge in [-0.05, 0) is 43.5 Å². The fraction of sp³-hybridized carbons (Fsp3) is 0.267. The molecule has 1 aromatic carbocycles. The summed E-state index contributed by atoms with van der Waals surface area (Å²) in [5.41, 5.74) is 6.71. The van der Waals surface area contributed by atoms with Crippen LogP contribution in [0.25, 0.3) is 11.3 Å². The predicted molar refractivity (Wildman–Crippen MR) is 67.3 cm³/mol. The maximum Gasteiger partial charge on any atom is 0.212 e. The lowest BCUT2D eigenvalue weighted by Crippen LogP contribution is -2.30. The van der Waals surface area contributed by atoms with Gasteiger partial charge < -0.3 is 0 Å². The Hall–Kier alpha value is -1.63. The molecule has 0 unspecified atom stereocenters. The van der Waals surface area contributed by atoms with Crippen LogP contribution in [0.15, 0.2) is 36.5 Å². The normalized spacial score (nSPS) is 10.5. The summed E-state index contributed by atoms with van der Waals surface area (Å²) in [6.45, 7) is 6.54. The van der Waals surface area contributed by atoms with E-state index in [0.29, 0.717) is 0 Å². The second-order valence-corrected chi connectivity index (χ2v) is 4.40. The largest absolute Gasteiger partial charge is 0.212 e. The van der Waals surface area contributed by atoms with Gasteiger partial charge in [0.25, 0.3) is 0 Å². The van der Waals surface area contributed by atoms with E-state index in [0.717, 1.165) is 0 Å². The smallest absolute Gasteiger partial charge is 0.201 e. The Kier molecular flexibility index (Phi) is 2.78. The summed E-state index contributed by atoms with van der Waals surface area (Å²) >= 11 is 0. The summed E-state index contributed by atoms with van der Waals surface area (Å²) in [7, 11) is 2.09. The standard InChI is InChI=1S/C15H18N/c1-11-8-9-12(2)15(13(11)3)14-7-5-6-10-16(14)4/h5-10H,1-4H3/q+1. The number of nitrogens with zero attached hydrogens (tertiary/aromatic N) is 1. The van der Waals surface area contributed by atoms with Crippen molar-refractivity contribution >= 4 is 0 Å². The molecular formula is C15H18N+. The Morgan fingerprint density at radius 3 is 2.25 bits per heavy atom. The summed E-state index contributed by atoms with van der Waals surface area (Å²) < 4.78 is 2.18. The lowest BCUT2D eigenvalue weighted by molar-refractivity contribution is -0.660. The highest BCUT2D eigenvalue weighted by molar-refractivity contribution is 5.66. The quantitative estimate of drug-likeness (QED) is 0.639. The van der Waals surface area contributed by atoms with Crippen LogP contribution < -0.4 is 4.57 Å². The van der Waals surface area contributed by atoms with Crippen LogP contribution in [-0.4, -0.2) is 0 Å². The second-order valence-electron chi connectivity index (χ2n) is 4.40. The van der Waals surface area contributed by atoms with Crippen molar-refractivity contribution in [3.63, 3.8) is 0 Å². The van der Waals surface area contributed by atoms with Crippen molar-refractivity contribution in [1.29, 1.82) is 0 Å². The van der Waals surface area contributed by atoms with Crippen molar-refractivity contribution in [1.82, 2.24) is 0 Å². The molecule has 1 heteroatoms. The third kappa shape index (κ3) is 1.73. The summed E-state index contributed by atoms with van der Waals surface area (Å²) in [5.74, 6) is 0. The molecule has 82 valence electrons. The molecule has 0 saturated heterocycles. The zero-order valence-electron chi connectivity index (χ0n) is 10.4. The molecule has 1 nitrogen and oxygen atoms in total. The van der Waals surface area contributed by atoms with Gasteiger partial charge in [-0.25, -0.2) is 4.57 Å². The molecule has 0 aliphatic rings. The van der Waals surface area contributed by atoms with Gasteiger partial charge in [0.2, 0.25) is 5.69 Å². The van der Waals surface area contributed by atoms with Crippen molar-refractivity contribution in [2.75, 3.05) is 0 Å². The fourth-order valence-corrected chi connectivity index (χ4v) is 2.13. The monoisotopic (exact) mass is 212 g/mol. The molecule has 0 atom stereocenters. The summed E-state index contributed by atoms with van der Waals surface area (Å²) in [5, 5.41) is 0. The molecule has 2 rings (SSSR count). The summed E-state index contributed by atoms with van der Waals surface area (Å²) in [6, 6.07) is 10.7. The average Bonchev–Trinajstić information content (AvgIpc) is 2.27. The summed E-state index contributed by atoms with van der Waals surface area (Å²) in [6.07, 6.45) is 2.09. The van der Waals surface area contributed by atoms with E-state index < -0.39 is 0 Å². The maximum atomic E-state index is 2.20. The molecule has 0 spiro atoms. The molecule has 16 heavy (non-hydrogen) atoms. The van der Waals surface area contributed by atoms with Crippen LogP contribution in [0.2, 0.25) is 0 Å². The fourth-order valence-electron chi connectivity index (χ4n) is 2.13. The third-order valence-electron chi connectivity index (χ3n) is 3.26. The third-order valence-corrected chi connectivity index (χ3v) is 3.26. The van der Waals surface area contributed by atoms with Gasteiger partial charge in [-0.15, -0.1) is 0 Å². The minimum Gasteiger partial charge on any atom is -0.201 e. The Bertz CT molecular complexity index is 527. The van der Waals surface area contributed by atoms with Crippen LogP contribution in [0, 0.1) is 20.8 Å². The van der Waals surface area contributed by atoms with Crippen LogP contribution in [0.1, 0.15) is 16.7 Å². The molecule has 0 amide bonds. The van der Waals surface area contributed by atoms with E-state index in [9.17, 15) is 0 Å². The van der Waals surface area contributed by atoms with E-state index in [2.05, 4.69) is 68.9 Å². The Balaban J connectivity index is 2.74. The first-order valence-electron chi connectivity index (χ1n) is 5.63. The van der Waals surface area contributed by atoms with E-state index in [-0.39, 0.29) is 0 Å². The highest BCUT2D eigenvalue weighted by Crippen LogP contribution is 2.26. The van der Waals surface area contributed by atoms with Crippen LogP contribution in [0.4, 0.5) is 0 Å². The maximum absolute atomic E-state index is 2.20. The lowest BCUT2D eigenvalue weighted by atomic mass is 9.95. The molecule has 1 aromatic heterocycles. The number of rotatable bonds is 1. The van der Waals surface area contributed by atoms with Crippen molar-refractivity contribution < 1.29 is 4.57 Å². The van der Waals surface area contributed by atoms with E-state index in [1.165, 1.54) is 27.9 Å². The summed E-state index contributed by atoms with van der Waals surface area (Å²) in [4.78, 5) is 0. The minimum absolute atomic E-state index is 1.28. The zero-order chi connectivity index (χ0) is 11.7. The van der Waals surface area contributed by atoms with Crippen LogP contribution in [0.3, 0.4) is 0 Å². The number of hydrogen-bond acceptors (Lipinski definition) is 0. The van der Waals surface area contributed by atoms with Crippen molar-refractivity contribution in [2.24, 2.45) is 7.05 Å². The minimum atomic E-state index is 1.28. The molecule has 0 bridgehead atoms. The van der Waals surface area contributed by atoms with Crippen molar-refractivity contribution in [3.05, 3.63) is 53.2 Å². The predicted octanol–water partition coefficient (Wildman–Crippen LogP) is 3.10. The number of hydrogen-bond donors (Lipinski definition) is 0. The van der Waals surface area contributed by atoms with E-state index in [1.54, 1.807) is 0 Å². The van der Waals surface area contributed by atoms with Crippen molar-refractivity contribution in [2.45, 2.75) is 20.8 Å². The van der Waals surface area contributed by atoms with Gasteiger partial charge in [0.15, 0.2) is 6.20 Å². The Morgan fingerprint density at radius 2 is 1.56 bits per heavy atom. The molecule has 2 aromatic rings. The first kappa shape index (κ1) is 10.9. The molecule has 1 heterocycles.